The van der Waals surface area contributed by atoms with Crippen LogP contribution >= 0.6 is 0 Å². The summed E-state index contributed by atoms with van der Waals surface area (Å²) in [6, 6.07) is 17.8. The fraction of sp³-hybridized carbons (Fsp3) is 0.0870. The first-order valence-corrected chi connectivity index (χ1v) is 10.9. The lowest BCUT2D eigenvalue weighted by Gasteiger charge is -2.07. The van der Waals surface area contributed by atoms with Gasteiger partial charge >= 0.3 is 0 Å². The quantitative estimate of drug-likeness (QED) is 0.408. The number of oxazole rings is 1. The lowest BCUT2D eigenvalue weighted by molar-refractivity contribution is 0.567. The molecule has 4 rings (SSSR count). The minimum absolute atomic E-state index is 0.0291. The molecule has 1 heterocycles. The van der Waals surface area contributed by atoms with Gasteiger partial charge in [0.05, 0.1) is 10.5 Å². The molecule has 0 aliphatic rings. The highest BCUT2D eigenvalue weighted by Gasteiger charge is 2.29. The Hall–Kier alpha value is -3.52. The van der Waals surface area contributed by atoms with E-state index < -0.39 is 26.5 Å². The number of aryl methyl sites for hydroxylation is 1. The predicted molar refractivity (Wildman–Crippen MR) is 112 cm³/mol. The fourth-order valence-corrected chi connectivity index (χ4v) is 4.24. The molecule has 158 valence electrons. The molecule has 4 aromatic rings. The molecule has 0 spiro atoms. The smallest absolute Gasteiger partial charge is 0.234 e. The normalized spacial score (nSPS) is 11.5. The Balaban J connectivity index is 1.77. The zero-order valence-electron chi connectivity index (χ0n) is 16.5. The molecule has 0 unspecified atom stereocenters. The number of benzene rings is 3. The molecule has 0 saturated carbocycles. The summed E-state index contributed by atoms with van der Waals surface area (Å²) in [5.41, 5.74) is 2.01. The summed E-state index contributed by atoms with van der Waals surface area (Å²) in [6.45, 7) is 2.22. The first-order chi connectivity index (χ1) is 14.8. The van der Waals surface area contributed by atoms with Gasteiger partial charge in [-0.2, -0.15) is 4.98 Å². The average molecular weight is 440 g/mol. The molecule has 1 N–H and O–H groups in total. The van der Waals surface area contributed by atoms with Crippen molar-refractivity contribution in [3.8, 4) is 11.5 Å². The van der Waals surface area contributed by atoms with Crippen LogP contribution in [0.25, 0.3) is 11.5 Å². The van der Waals surface area contributed by atoms with Crippen LogP contribution < -0.4 is 5.32 Å². The average Bonchev–Trinajstić information content (AvgIpc) is 3.19. The predicted octanol–water partition coefficient (Wildman–Crippen LogP) is 5.37. The maximum Gasteiger partial charge on any atom is 0.234 e. The number of halogens is 2. The van der Waals surface area contributed by atoms with E-state index in [1.54, 1.807) is 6.07 Å². The van der Waals surface area contributed by atoms with Gasteiger partial charge in [0.15, 0.2) is 0 Å². The Bertz CT molecular complexity index is 1320. The highest BCUT2D eigenvalue weighted by molar-refractivity contribution is 7.91. The van der Waals surface area contributed by atoms with E-state index >= 15 is 0 Å². The summed E-state index contributed by atoms with van der Waals surface area (Å²) in [5, 5.41) is 2.54. The minimum Gasteiger partial charge on any atom is -0.419 e. The second-order valence-corrected chi connectivity index (χ2v) is 8.79. The molecule has 0 fully saturated rings. The van der Waals surface area contributed by atoms with Crippen molar-refractivity contribution >= 4 is 15.7 Å². The van der Waals surface area contributed by atoms with Crippen LogP contribution in [0.5, 0.6) is 0 Å². The molecule has 0 atom stereocenters. The largest absolute Gasteiger partial charge is 0.419 e. The maximum absolute atomic E-state index is 14.3. The van der Waals surface area contributed by atoms with E-state index in [4.69, 9.17) is 4.42 Å². The van der Waals surface area contributed by atoms with Crippen molar-refractivity contribution in [1.82, 2.24) is 4.98 Å². The third-order valence-corrected chi connectivity index (χ3v) is 6.33. The van der Waals surface area contributed by atoms with E-state index in [1.807, 2.05) is 31.2 Å². The summed E-state index contributed by atoms with van der Waals surface area (Å²) < 4.78 is 59.5. The van der Waals surface area contributed by atoms with Crippen molar-refractivity contribution in [2.24, 2.45) is 0 Å². The van der Waals surface area contributed by atoms with E-state index in [2.05, 4.69) is 10.3 Å². The highest BCUT2D eigenvalue weighted by atomic mass is 32.2. The number of anilines is 1. The summed E-state index contributed by atoms with van der Waals surface area (Å²) >= 11 is 0. The molecule has 0 bridgehead atoms. The van der Waals surface area contributed by atoms with Gasteiger partial charge in [-0.15, -0.1) is 0 Å². The molecule has 8 heteroatoms. The van der Waals surface area contributed by atoms with Crippen LogP contribution in [0.15, 0.2) is 87.1 Å². The van der Waals surface area contributed by atoms with Gasteiger partial charge in [-0.1, -0.05) is 42.0 Å². The zero-order valence-corrected chi connectivity index (χ0v) is 17.3. The molecular formula is C23H18F2N2O3S. The second kappa shape index (κ2) is 8.31. The number of sulfone groups is 1. The van der Waals surface area contributed by atoms with Crippen molar-refractivity contribution < 1.29 is 21.6 Å². The van der Waals surface area contributed by atoms with Crippen molar-refractivity contribution in [2.45, 2.75) is 23.4 Å². The molecule has 3 aromatic carbocycles. The second-order valence-electron chi connectivity index (χ2n) is 6.93. The third-order valence-electron chi connectivity index (χ3n) is 4.65. The van der Waals surface area contributed by atoms with Crippen molar-refractivity contribution in [2.75, 3.05) is 5.32 Å². The number of aromatic nitrogens is 1. The molecule has 0 aliphatic heterocycles. The maximum atomic E-state index is 14.3. The van der Waals surface area contributed by atoms with E-state index in [0.29, 0.717) is 0 Å². The van der Waals surface area contributed by atoms with Gasteiger partial charge in [-0.25, -0.2) is 17.2 Å². The SMILES string of the molecule is Cc1ccc(CNc2oc(-c3ccccc3F)nc2S(=O)(=O)c2ccc(F)cc2)cc1. The van der Waals surface area contributed by atoms with Gasteiger partial charge in [0.1, 0.15) is 11.6 Å². The Morgan fingerprint density at radius 2 is 1.61 bits per heavy atom. The van der Waals surface area contributed by atoms with Crippen LogP contribution in [-0.4, -0.2) is 13.4 Å². The first-order valence-electron chi connectivity index (χ1n) is 9.40. The lowest BCUT2D eigenvalue weighted by Crippen LogP contribution is -2.07. The van der Waals surface area contributed by atoms with Crippen LogP contribution in [0, 0.1) is 18.6 Å². The number of hydrogen-bond acceptors (Lipinski definition) is 5. The minimum atomic E-state index is -4.15. The molecular weight excluding hydrogens is 422 g/mol. The fourth-order valence-electron chi connectivity index (χ4n) is 2.96. The highest BCUT2D eigenvalue weighted by Crippen LogP contribution is 2.33. The van der Waals surface area contributed by atoms with Gasteiger partial charge < -0.3 is 9.73 Å². The monoisotopic (exact) mass is 440 g/mol. The molecule has 0 saturated heterocycles. The molecule has 31 heavy (non-hydrogen) atoms. The molecule has 0 radical (unpaired) electrons. The summed E-state index contributed by atoms with van der Waals surface area (Å²) in [5.74, 6) is -1.46. The van der Waals surface area contributed by atoms with Gasteiger partial charge in [0, 0.05) is 6.54 Å². The Kier molecular flexibility index (Phi) is 5.56. The summed E-state index contributed by atoms with van der Waals surface area (Å²) in [6.07, 6.45) is 0. The van der Waals surface area contributed by atoms with E-state index in [0.717, 1.165) is 35.4 Å². The van der Waals surface area contributed by atoms with Crippen molar-refractivity contribution in [3.05, 3.63) is 95.6 Å². The van der Waals surface area contributed by atoms with Crippen molar-refractivity contribution in [3.63, 3.8) is 0 Å². The molecule has 5 nitrogen and oxygen atoms in total. The standard InChI is InChI=1S/C23H18F2N2O3S/c1-15-6-8-16(9-7-15)14-26-22-23(31(28,29)18-12-10-17(24)11-13-18)27-21(30-22)19-4-2-3-5-20(19)25/h2-13,26H,14H2,1H3. The van der Waals surface area contributed by atoms with E-state index in [9.17, 15) is 17.2 Å². The zero-order chi connectivity index (χ0) is 22.0. The Morgan fingerprint density at radius 1 is 0.935 bits per heavy atom. The van der Waals surface area contributed by atoms with Gasteiger partial charge in [-0.3, -0.25) is 0 Å². The third kappa shape index (κ3) is 4.34. The van der Waals surface area contributed by atoms with Gasteiger partial charge in [0.2, 0.25) is 26.6 Å². The summed E-state index contributed by atoms with van der Waals surface area (Å²) in [4.78, 5) is 3.94. The van der Waals surface area contributed by atoms with Crippen LogP contribution in [0.4, 0.5) is 14.7 Å². The van der Waals surface area contributed by atoms with E-state index in [-0.39, 0.29) is 28.8 Å². The molecule has 0 aliphatic carbocycles. The number of nitrogens with zero attached hydrogens (tertiary/aromatic N) is 1. The molecule has 0 amide bonds. The van der Waals surface area contributed by atoms with Crippen LogP contribution in [0.2, 0.25) is 0 Å². The number of rotatable bonds is 6. The van der Waals surface area contributed by atoms with Crippen LogP contribution in [0.1, 0.15) is 11.1 Å². The summed E-state index contributed by atoms with van der Waals surface area (Å²) in [7, 11) is -4.15. The number of nitrogens with one attached hydrogen (secondary N) is 1. The first kappa shape index (κ1) is 20.7. The van der Waals surface area contributed by atoms with E-state index in [1.165, 1.54) is 18.2 Å². The Morgan fingerprint density at radius 3 is 2.29 bits per heavy atom. The van der Waals surface area contributed by atoms with Gasteiger partial charge in [-0.05, 0) is 48.9 Å². The van der Waals surface area contributed by atoms with Gasteiger partial charge in [0.25, 0.3) is 0 Å². The van der Waals surface area contributed by atoms with Crippen molar-refractivity contribution in [1.29, 1.82) is 0 Å². The lowest BCUT2D eigenvalue weighted by atomic mass is 10.1. The molecule has 1 aromatic heterocycles. The van der Waals surface area contributed by atoms with Crippen LogP contribution in [0.3, 0.4) is 0 Å². The van der Waals surface area contributed by atoms with Crippen LogP contribution in [-0.2, 0) is 16.4 Å². The number of hydrogen-bond donors (Lipinski definition) is 1. The topological polar surface area (TPSA) is 72.2 Å². The Labute approximate surface area is 178 Å².